The van der Waals surface area contributed by atoms with E-state index in [1.165, 1.54) is 18.3 Å². The fourth-order valence-electron chi connectivity index (χ4n) is 7.48. The first-order chi connectivity index (χ1) is 18.2. The molecule has 3 saturated carbocycles. The highest BCUT2D eigenvalue weighted by molar-refractivity contribution is 6.07. The average Bonchev–Trinajstić information content (AvgIpc) is 3.15. The molecule has 3 aliphatic carbocycles. The number of hydrogen-bond acceptors (Lipinski definition) is 9. The monoisotopic (exact) mass is 542 g/mol. The Labute approximate surface area is 227 Å². The highest BCUT2D eigenvalue weighted by Crippen LogP contribution is 2.68. The number of urea groups is 1. The van der Waals surface area contributed by atoms with Crippen molar-refractivity contribution in [1.29, 1.82) is 0 Å². The van der Waals surface area contributed by atoms with Gasteiger partial charge in [0.15, 0.2) is 5.78 Å². The van der Waals surface area contributed by atoms with E-state index in [2.05, 4.69) is 11.6 Å². The maximum absolute atomic E-state index is 13.5. The number of aliphatic hydroxyl groups is 2. The van der Waals surface area contributed by atoms with Gasteiger partial charge in [0.1, 0.15) is 18.0 Å². The molecule has 0 aliphatic heterocycles. The van der Waals surface area contributed by atoms with Gasteiger partial charge in [0.2, 0.25) is 0 Å². The maximum Gasteiger partial charge on any atom is 0.415 e. The molecule has 3 aliphatic rings. The van der Waals surface area contributed by atoms with Crippen LogP contribution in [0.3, 0.4) is 0 Å². The van der Waals surface area contributed by atoms with Gasteiger partial charge in [0.05, 0.1) is 11.7 Å². The van der Waals surface area contributed by atoms with Crippen molar-refractivity contribution in [2.45, 2.75) is 71.7 Å². The summed E-state index contributed by atoms with van der Waals surface area (Å²) in [6.45, 7) is 11.6. The molecule has 0 aromatic carbocycles. The molecule has 6 N–H and O–H groups in total. The van der Waals surface area contributed by atoms with E-state index in [9.17, 15) is 29.4 Å². The lowest BCUT2D eigenvalue weighted by atomic mass is 9.44. The molecule has 3 fully saturated rings. The number of nitrogens with zero attached hydrogens (tertiary/aromatic N) is 1. The third-order valence-corrected chi connectivity index (χ3v) is 10.1. The molecule has 2 unspecified atom stereocenters. The van der Waals surface area contributed by atoms with Crippen LogP contribution in [0.15, 0.2) is 31.0 Å². The van der Waals surface area contributed by atoms with E-state index >= 15 is 0 Å². The van der Waals surface area contributed by atoms with Gasteiger partial charge >= 0.3 is 12.1 Å². The SMILES string of the molecule is C=C[C@]1(C)C[C@@H](OC(=O)NC(=O)NC(=O)c2ccc(N)nc2)[C@]2(C)C(C)CC[C@]3(C[C@H](O)C(=O)C32)[C@@H](C)[C@@H]1O. The molecule has 2 bridgehead atoms. The number of aromatic nitrogens is 1. The lowest BCUT2D eigenvalue weighted by Crippen LogP contribution is -2.63. The molecular formula is C28H38N4O7. The summed E-state index contributed by atoms with van der Waals surface area (Å²) in [6, 6.07) is 1.68. The zero-order valence-corrected chi connectivity index (χ0v) is 22.8. The van der Waals surface area contributed by atoms with Gasteiger partial charge in [-0.2, -0.15) is 0 Å². The van der Waals surface area contributed by atoms with Gasteiger partial charge in [-0.15, -0.1) is 6.58 Å². The Morgan fingerprint density at radius 3 is 2.49 bits per heavy atom. The van der Waals surface area contributed by atoms with Gasteiger partial charge in [-0.1, -0.05) is 33.8 Å². The van der Waals surface area contributed by atoms with Crippen molar-refractivity contribution >= 4 is 29.6 Å². The number of pyridine rings is 1. The van der Waals surface area contributed by atoms with Crippen LogP contribution in [-0.2, 0) is 9.53 Å². The predicted octanol–water partition coefficient (Wildman–Crippen LogP) is 2.57. The second-order valence-electron chi connectivity index (χ2n) is 12.0. The van der Waals surface area contributed by atoms with Crippen LogP contribution in [0.4, 0.5) is 15.4 Å². The zero-order valence-electron chi connectivity index (χ0n) is 22.8. The number of nitrogens with two attached hydrogens (primary N) is 1. The van der Waals surface area contributed by atoms with Crippen LogP contribution in [0.5, 0.6) is 0 Å². The van der Waals surface area contributed by atoms with Crippen molar-refractivity contribution in [2.24, 2.45) is 34.0 Å². The molecular weight excluding hydrogens is 504 g/mol. The van der Waals surface area contributed by atoms with Crippen LogP contribution in [0, 0.1) is 34.0 Å². The summed E-state index contributed by atoms with van der Waals surface area (Å²) in [6.07, 6.45) is 0.450. The van der Waals surface area contributed by atoms with E-state index in [1.54, 1.807) is 6.08 Å². The molecule has 4 amide bonds. The van der Waals surface area contributed by atoms with E-state index in [0.29, 0.717) is 12.8 Å². The number of amides is 4. The number of Topliss-reactive ketones (excluding diaryl/α,β-unsaturated/α-hetero) is 1. The number of ether oxygens (including phenoxy) is 1. The predicted molar refractivity (Wildman–Crippen MR) is 141 cm³/mol. The first-order valence-corrected chi connectivity index (χ1v) is 13.3. The molecule has 212 valence electrons. The molecule has 39 heavy (non-hydrogen) atoms. The number of imide groups is 2. The van der Waals surface area contributed by atoms with Crippen LogP contribution < -0.4 is 16.4 Å². The molecule has 1 aromatic rings. The molecule has 11 heteroatoms. The molecule has 9 atom stereocenters. The summed E-state index contributed by atoms with van der Waals surface area (Å²) in [5.41, 5.74) is 3.11. The van der Waals surface area contributed by atoms with Crippen molar-refractivity contribution < 1.29 is 34.1 Å². The van der Waals surface area contributed by atoms with Gasteiger partial charge in [0.25, 0.3) is 5.91 Å². The second-order valence-corrected chi connectivity index (χ2v) is 12.0. The maximum atomic E-state index is 13.5. The van der Waals surface area contributed by atoms with Gasteiger partial charge in [-0.3, -0.25) is 14.9 Å². The number of carbonyl (C=O) groups excluding carboxylic acids is 4. The minimum atomic E-state index is -1.17. The minimum absolute atomic E-state index is 0.0655. The summed E-state index contributed by atoms with van der Waals surface area (Å²) < 4.78 is 5.89. The highest BCUT2D eigenvalue weighted by Gasteiger charge is 2.70. The number of aliphatic hydroxyl groups excluding tert-OH is 2. The van der Waals surface area contributed by atoms with Crippen LogP contribution in [-0.4, -0.2) is 57.3 Å². The van der Waals surface area contributed by atoms with E-state index in [0.717, 1.165) is 0 Å². The molecule has 0 radical (unpaired) electrons. The van der Waals surface area contributed by atoms with Crippen LogP contribution in [0.1, 0.15) is 63.7 Å². The van der Waals surface area contributed by atoms with Crippen molar-refractivity contribution in [2.75, 3.05) is 5.73 Å². The quantitative estimate of drug-likeness (QED) is 0.359. The Balaban J connectivity index is 1.62. The van der Waals surface area contributed by atoms with E-state index in [4.69, 9.17) is 10.5 Å². The summed E-state index contributed by atoms with van der Waals surface area (Å²) in [5, 5.41) is 26.4. The fourth-order valence-corrected chi connectivity index (χ4v) is 7.48. The third-order valence-electron chi connectivity index (χ3n) is 10.1. The topological polar surface area (TPSA) is 181 Å². The summed E-state index contributed by atoms with van der Waals surface area (Å²) in [7, 11) is 0. The van der Waals surface area contributed by atoms with Crippen molar-refractivity contribution in [3.63, 3.8) is 0 Å². The zero-order chi connectivity index (χ0) is 28.9. The summed E-state index contributed by atoms with van der Waals surface area (Å²) >= 11 is 0. The lowest BCUT2D eigenvalue weighted by molar-refractivity contribution is -0.191. The minimum Gasteiger partial charge on any atom is -0.445 e. The van der Waals surface area contributed by atoms with Crippen LogP contribution in [0.2, 0.25) is 0 Å². The van der Waals surface area contributed by atoms with Crippen molar-refractivity contribution in [3.8, 4) is 0 Å². The Bertz CT molecular complexity index is 1190. The number of anilines is 1. The second kappa shape index (κ2) is 10.0. The molecule has 0 saturated heterocycles. The Kier molecular flexibility index (Phi) is 7.37. The first-order valence-electron chi connectivity index (χ1n) is 13.3. The van der Waals surface area contributed by atoms with E-state index < -0.39 is 58.5 Å². The first kappa shape index (κ1) is 28.7. The molecule has 0 spiro atoms. The van der Waals surface area contributed by atoms with Gasteiger partial charge in [-0.05, 0) is 55.1 Å². The van der Waals surface area contributed by atoms with Crippen LogP contribution in [0.25, 0.3) is 0 Å². The number of hydrogen-bond donors (Lipinski definition) is 5. The number of rotatable bonds is 3. The standard InChI is InChI=1S/C28H38N4O7/c1-6-26(4)12-18(39-25(38)32-24(37)31-23(36)16-7-8-19(29)30-13-16)27(5)14(2)9-10-28(15(3)22(26)35)11-17(33)20(34)21(27)28/h6-8,13-15,17-18,21-22,33,35H,1,9-12H2,2-5H3,(H2,29,30)(H2,31,32,36,37,38)/t14?,15-,17-,18+,21?,22-,26+,27-,28-/m0/s1. The normalized spacial score (nSPS) is 39.5. The molecule has 1 aromatic heterocycles. The number of ketones is 1. The van der Waals surface area contributed by atoms with Crippen molar-refractivity contribution in [3.05, 3.63) is 36.5 Å². The number of alkyl carbamates (subject to hydrolysis) is 1. The van der Waals surface area contributed by atoms with E-state index in [1.807, 2.05) is 38.3 Å². The third kappa shape index (κ3) is 4.61. The van der Waals surface area contributed by atoms with Gasteiger partial charge in [0, 0.05) is 22.9 Å². The molecule has 11 nitrogen and oxygen atoms in total. The van der Waals surface area contributed by atoms with Gasteiger partial charge < -0.3 is 20.7 Å². The van der Waals surface area contributed by atoms with E-state index in [-0.39, 0.29) is 41.8 Å². The van der Waals surface area contributed by atoms with Crippen LogP contribution >= 0.6 is 0 Å². The Morgan fingerprint density at radius 1 is 1.18 bits per heavy atom. The number of nitrogens with one attached hydrogen (secondary N) is 2. The van der Waals surface area contributed by atoms with Gasteiger partial charge in [-0.25, -0.2) is 19.9 Å². The van der Waals surface area contributed by atoms with Crippen molar-refractivity contribution in [1.82, 2.24) is 15.6 Å². The largest absolute Gasteiger partial charge is 0.445 e. The molecule has 1 heterocycles. The summed E-state index contributed by atoms with van der Waals surface area (Å²) in [4.78, 5) is 55.1. The smallest absolute Gasteiger partial charge is 0.415 e. The Morgan fingerprint density at radius 2 is 1.87 bits per heavy atom. The molecule has 4 rings (SSSR count). The highest BCUT2D eigenvalue weighted by atomic mass is 16.6. The number of carbonyl (C=O) groups is 4. The number of nitrogen functional groups attached to an aromatic ring is 1. The average molecular weight is 543 g/mol. The Hall–Kier alpha value is -3.31. The summed E-state index contributed by atoms with van der Waals surface area (Å²) in [5.74, 6) is -1.96. The fraction of sp³-hybridized carbons (Fsp3) is 0.607. The lowest BCUT2D eigenvalue weighted by Gasteiger charge is -2.61.